The lowest BCUT2D eigenvalue weighted by atomic mass is 10.0. The van der Waals surface area contributed by atoms with Crippen molar-refractivity contribution in [3.05, 3.63) is 83.9 Å². The Labute approximate surface area is 224 Å². The minimum absolute atomic E-state index is 0.177. The van der Waals surface area contributed by atoms with Crippen LogP contribution in [-0.4, -0.2) is 46.9 Å². The number of carbonyl (C=O) groups excluding carboxylic acids is 1. The molecule has 1 aliphatic carbocycles. The van der Waals surface area contributed by atoms with E-state index in [2.05, 4.69) is 6.92 Å². The van der Waals surface area contributed by atoms with Crippen LogP contribution in [0.2, 0.25) is 0 Å². The van der Waals surface area contributed by atoms with E-state index in [1.807, 2.05) is 72.8 Å². The highest BCUT2D eigenvalue weighted by molar-refractivity contribution is 5.95. The summed E-state index contributed by atoms with van der Waals surface area (Å²) in [4.78, 5) is 23.5. The minimum Gasteiger partial charge on any atom is -0.497 e. The van der Waals surface area contributed by atoms with Crippen LogP contribution in [0.5, 0.6) is 11.5 Å². The first-order valence-corrected chi connectivity index (χ1v) is 13.0. The molecule has 0 heterocycles. The van der Waals surface area contributed by atoms with Crippen LogP contribution in [0, 0.1) is 0 Å². The molecule has 0 aromatic heterocycles. The van der Waals surface area contributed by atoms with Gasteiger partial charge in [-0.15, -0.1) is 0 Å². The smallest absolute Gasteiger partial charge is 0.290 e. The van der Waals surface area contributed by atoms with E-state index in [-0.39, 0.29) is 12.4 Å². The average molecular weight is 520 g/mol. The lowest BCUT2D eigenvalue weighted by Gasteiger charge is -2.29. The molecular weight excluding hydrogens is 482 g/mol. The maximum absolute atomic E-state index is 13.5. The van der Waals surface area contributed by atoms with E-state index in [4.69, 9.17) is 19.4 Å². The molecule has 0 bridgehead atoms. The molecule has 1 fully saturated rings. The van der Waals surface area contributed by atoms with Crippen molar-refractivity contribution >= 4 is 12.4 Å². The van der Waals surface area contributed by atoms with Crippen LogP contribution in [0.1, 0.15) is 61.4 Å². The fourth-order valence-corrected chi connectivity index (χ4v) is 4.19. The van der Waals surface area contributed by atoms with E-state index in [0.717, 1.165) is 41.0 Å². The number of carbonyl (C=O) groups is 2. The number of ether oxygens (including phenoxy) is 2. The summed E-state index contributed by atoms with van der Waals surface area (Å²) in [5.41, 5.74) is 2.43. The van der Waals surface area contributed by atoms with E-state index in [9.17, 15) is 9.90 Å². The zero-order chi connectivity index (χ0) is 27.4. The van der Waals surface area contributed by atoms with E-state index < -0.39 is 5.72 Å². The predicted molar refractivity (Wildman–Crippen MR) is 147 cm³/mol. The van der Waals surface area contributed by atoms with Gasteiger partial charge in [-0.3, -0.25) is 9.59 Å². The number of hydrogen-bond donors (Lipinski definition) is 2. The standard InChI is InChI=1S/C30H35NO4.CH2O2/c1-3-4-5-8-21-35-28-10-7-6-9-26(28)22-31(30(33)19-20-30)29(32)25-13-11-23(12-14-25)24-15-17-27(34-2)18-16-24;2-1-3/h6-7,9-18,33H,3-5,8,19-22H2,1-2H3;1H,(H,2,3). The quantitative estimate of drug-likeness (QED) is 0.169. The minimum atomic E-state index is -1.10. The second-order valence-corrected chi connectivity index (χ2v) is 9.30. The Morgan fingerprint density at radius 3 is 2.13 bits per heavy atom. The average Bonchev–Trinajstić information content (AvgIpc) is 3.70. The van der Waals surface area contributed by atoms with Gasteiger partial charge in [-0.05, 0) is 60.7 Å². The third-order valence-electron chi connectivity index (χ3n) is 6.56. The highest BCUT2D eigenvalue weighted by Crippen LogP contribution is 2.41. The molecule has 3 aromatic rings. The Morgan fingerprint density at radius 2 is 1.55 bits per heavy atom. The highest BCUT2D eigenvalue weighted by atomic mass is 16.5. The number of para-hydroxylation sites is 1. The number of aliphatic hydroxyl groups is 1. The summed E-state index contributed by atoms with van der Waals surface area (Å²) in [5, 5.41) is 17.9. The lowest BCUT2D eigenvalue weighted by Crippen LogP contribution is -2.41. The van der Waals surface area contributed by atoms with Crippen molar-refractivity contribution in [1.82, 2.24) is 4.90 Å². The summed E-state index contributed by atoms with van der Waals surface area (Å²) >= 11 is 0. The molecule has 1 aliphatic rings. The van der Waals surface area contributed by atoms with Crippen LogP contribution in [-0.2, 0) is 11.3 Å². The first-order valence-electron chi connectivity index (χ1n) is 13.0. The molecule has 4 rings (SSSR count). The van der Waals surface area contributed by atoms with Crippen LogP contribution in [0.25, 0.3) is 11.1 Å². The second-order valence-electron chi connectivity index (χ2n) is 9.30. The molecule has 3 aromatic carbocycles. The molecule has 202 valence electrons. The van der Waals surface area contributed by atoms with Crippen molar-refractivity contribution < 1.29 is 29.3 Å². The molecule has 1 amide bonds. The first-order chi connectivity index (χ1) is 18.5. The Kier molecular flexibility index (Phi) is 10.7. The van der Waals surface area contributed by atoms with Gasteiger partial charge in [0, 0.05) is 11.1 Å². The van der Waals surface area contributed by atoms with Gasteiger partial charge < -0.3 is 24.6 Å². The number of nitrogens with zero attached hydrogens (tertiary/aromatic N) is 1. The van der Waals surface area contributed by atoms with E-state index >= 15 is 0 Å². The Hall–Kier alpha value is -3.84. The van der Waals surface area contributed by atoms with Crippen molar-refractivity contribution in [3.8, 4) is 22.6 Å². The number of rotatable bonds is 12. The zero-order valence-electron chi connectivity index (χ0n) is 22.1. The van der Waals surface area contributed by atoms with Crippen LogP contribution >= 0.6 is 0 Å². The highest BCUT2D eigenvalue weighted by Gasteiger charge is 2.49. The Bertz CT molecular complexity index is 1160. The van der Waals surface area contributed by atoms with E-state index in [1.165, 1.54) is 12.8 Å². The third kappa shape index (κ3) is 7.83. The summed E-state index contributed by atoms with van der Waals surface area (Å²) in [6.45, 7) is 2.90. The molecule has 7 nitrogen and oxygen atoms in total. The lowest BCUT2D eigenvalue weighted by molar-refractivity contribution is -0.122. The first kappa shape index (κ1) is 28.7. The fraction of sp³-hybridized carbons (Fsp3) is 0.355. The van der Waals surface area contributed by atoms with Gasteiger partial charge >= 0.3 is 0 Å². The Morgan fingerprint density at radius 1 is 0.947 bits per heavy atom. The largest absolute Gasteiger partial charge is 0.497 e. The van der Waals surface area contributed by atoms with Crippen LogP contribution in [0.15, 0.2) is 72.8 Å². The SMILES string of the molecule is CCCCCCOc1ccccc1CN(C(=O)c1ccc(-c2ccc(OC)cc2)cc1)C1(O)CC1.O=CO. The summed E-state index contributed by atoms with van der Waals surface area (Å²) in [6, 6.07) is 23.2. The van der Waals surface area contributed by atoms with Gasteiger partial charge in [0.2, 0.25) is 0 Å². The number of carboxylic acid groups (broad SMARTS) is 1. The normalized spacial score (nSPS) is 13.0. The van der Waals surface area contributed by atoms with Gasteiger partial charge in [-0.1, -0.05) is 68.7 Å². The van der Waals surface area contributed by atoms with Crippen molar-refractivity contribution in [1.29, 1.82) is 0 Å². The Balaban J connectivity index is 0.00000127. The predicted octanol–water partition coefficient (Wildman–Crippen LogP) is 6.15. The van der Waals surface area contributed by atoms with Gasteiger partial charge in [0.1, 0.15) is 17.2 Å². The molecule has 0 atom stereocenters. The van der Waals surface area contributed by atoms with Crippen molar-refractivity contribution in [2.75, 3.05) is 13.7 Å². The summed E-state index contributed by atoms with van der Waals surface area (Å²) in [7, 11) is 1.65. The van der Waals surface area contributed by atoms with Gasteiger partial charge in [0.25, 0.3) is 12.4 Å². The maximum atomic E-state index is 13.5. The van der Waals surface area contributed by atoms with E-state index in [0.29, 0.717) is 31.6 Å². The number of methoxy groups -OCH3 is 1. The summed E-state index contributed by atoms with van der Waals surface area (Å²) < 4.78 is 11.3. The fourth-order valence-electron chi connectivity index (χ4n) is 4.19. The van der Waals surface area contributed by atoms with Crippen LogP contribution in [0.4, 0.5) is 0 Å². The molecule has 0 spiro atoms. The van der Waals surface area contributed by atoms with Gasteiger partial charge in [-0.25, -0.2) is 0 Å². The van der Waals surface area contributed by atoms with E-state index in [1.54, 1.807) is 12.0 Å². The molecule has 2 N–H and O–H groups in total. The zero-order valence-corrected chi connectivity index (χ0v) is 22.1. The summed E-state index contributed by atoms with van der Waals surface area (Å²) in [6.07, 6.45) is 5.72. The van der Waals surface area contributed by atoms with Gasteiger partial charge in [0.15, 0.2) is 0 Å². The number of benzene rings is 3. The molecule has 1 saturated carbocycles. The second kappa shape index (κ2) is 14.2. The molecule has 0 radical (unpaired) electrons. The number of unbranched alkanes of at least 4 members (excludes halogenated alkanes) is 3. The molecule has 0 aliphatic heterocycles. The number of amides is 1. The summed E-state index contributed by atoms with van der Waals surface area (Å²) in [5.74, 6) is 1.41. The monoisotopic (exact) mass is 519 g/mol. The van der Waals surface area contributed by atoms with Crippen molar-refractivity contribution in [3.63, 3.8) is 0 Å². The van der Waals surface area contributed by atoms with Crippen LogP contribution in [0.3, 0.4) is 0 Å². The van der Waals surface area contributed by atoms with Crippen molar-refractivity contribution in [2.45, 2.75) is 57.7 Å². The molecule has 7 heteroatoms. The molecule has 0 saturated heterocycles. The molecule has 0 unspecified atom stereocenters. The molecular formula is C31H37NO6. The van der Waals surface area contributed by atoms with Crippen LogP contribution < -0.4 is 9.47 Å². The van der Waals surface area contributed by atoms with Gasteiger partial charge in [-0.2, -0.15) is 0 Å². The number of hydrogen-bond acceptors (Lipinski definition) is 5. The maximum Gasteiger partial charge on any atom is 0.290 e. The topological polar surface area (TPSA) is 96.3 Å². The van der Waals surface area contributed by atoms with Gasteiger partial charge in [0.05, 0.1) is 20.3 Å². The third-order valence-corrected chi connectivity index (χ3v) is 6.56. The molecule has 38 heavy (non-hydrogen) atoms. The van der Waals surface area contributed by atoms with Crippen molar-refractivity contribution in [2.24, 2.45) is 0 Å².